The van der Waals surface area contributed by atoms with E-state index in [1.165, 1.54) is 12.2 Å². The van der Waals surface area contributed by atoms with Gasteiger partial charge in [-0.1, -0.05) is 19.2 Å². The summed E-state index contributed by atoms with van der Waals surface area (Å²) < 4.78 is 26.4. The van der Waals surface area contributed by atoms with Gasteiger partial charge in [0.05, 0.1) is 24.3 Å². The molecule has 8 heteroatoms. The molecule has 0 unspecified atom stereocenters. The molecule has 0 atom stereocenters. The van der Waals surface area contributed by atoms with Gasteiger partial charge in [-0.15, -0.1) is 0 Å². The predicted octanol–water partition coefficient (Wildman–Crippen LogP) is 5.57. The minimum atomic E-state index is -0.543. The molecule has 37 heavy (non-hydrogen) atoms. The number of allylic oxidation sites excluding steroid dienone is 4. The van der Waals surface area contributed by atoms with Gasteiger partial charge in [-0.25, -0.2) is 14.4 Å². The van der Waals surface area contributed by atoms with Crippen molar-refractivity contribution in [3.63, 3.8) is 0 Å². The molecule has 0 radical (unpaired) electrons. The molecule has 0 N–H and O–H groups in total. The Labute approximate surface area is 216 Å². The maximum absolute atomic E-state index is 12.4. The average Bonchev–Trinajstić information content (AvgIpc) is 2.90. The van der Waals surface area contributed by atoms with Crippen molar-refractivity contribution >= 4 is 17.9 Å². The first kappa shape index (κ1) is 28.6. The smallest absolute Gasteiger partial charge is 0.343 e. The molecule has 194 valence electrons. The molecule has 0 aliphatic rings. The predicted molar refractivity (Wildman–Crippen MR) is 138 cm³/mol. The second-order valence-corrected chi connectivity index (χ2v) is 7.56. The zero-order chi connectivity index (χ0) is 27.0. The lowest BCUT2D eigenvalue weighted by Crippen LogP contribution is -2.07. The number of carbonyl (C=O) groups is 3. The normalized spacial score (nSPS) is 11.2. The van der Waals surface area contributed by atoms with Crippen molar-refractivity contribution in [1.29, 1.82) is 0 Å². The molecule has 2 aromatic carbocycles. The summed E-state index contributed by atoms with van der Waals surface area (Å²) in [5.74, 6) is 0.293. The monoisotopic (exact) mass is 506 g/mol. The SMILES string of the molecule is C=CCOc1ccc(C(=O)O/C(C)=C/C=C(\C)OC(=O)c2ccc(OCCCOC(=O)C=C)cc2)cc1. The highest BCUT2D eigenvalue weighted by Gasteiger charge is 2.10. The summed E-state index contributed by atoms with van der Waals surface area (Å²) in [6, 6.07) is 13.0. The second-order valence-electron chi connectivity index (χ2n) is 7.56. The van der Waals surface area contributed by atoms with Crippen LogP contribution in [0.4, 0.5) is 0 Å². The fourth-order valence-corrected chi connectivity index (χ4v) is 2.72. The van der Waals surface area contributed by atoms with Crippen molar-refractivity contribution in [2.75, 3.05) is 19.8 Å². The minimum absolute atomic E-state index is 0.229. The molecular weight excluding hydrogens is 476 g/mol. The Bertz CT molecular complexity index is 1140. The highest BCUT2D eigenvalue weighted by Crippen LogP contribution is 2.16. The van der Waals surface area contributed by atoms with Crippen LogP contribution in [-0.4, -0.2) is 37.7 Å². The molecule has 0 saturated carbocycles. The number of benzene rings is 2. The number of ether oxygens (including phenoxy) is 5. The molecule has 0 aliphatic carbocycles. The molecule has 0 fully saturated rings. The third-order valence-electron chi connectivity index (χ3n) is 4.58. The van der Waals surface area contributed by atoms with Crippen molar-refractivity contribution in [1.82, 2.24) is 0 Å². The number of rotatable bonds is 14. The van der Waals surface area contributed by atoms with E-state index in [1.807, 2.05) is 0 Å². The summed E-state index contributed by atoms with van der Waals surface area (Å²) in [5.41, 5.74) is 0.710. The third-order valence-corrected chi connectivity index (χ3v) is 4.58. The van der Waals surface area contributed by atoms with E-state index in [-0.39, 0.29) is 6.61 Å². The van der Waals surface area contributed by atoms with E-state index in [4.69, 9.17) is 23.7 Å². The van der Waals surface area contributed by atoms with Crippen molar-refractivity contribution in [3.05, 3.63) is 109 Å². The zero-order valence-electron chi connectivity index (χ0n) is 20.9. The van der Waals surface area contributed by atoms with Gasteiger partial charge in [-0.3, -0.25) is 0 Å². The quantitative estimate of drug-likeness (QED) is 0.0624. The largest absolute Gasteiger partial charge is 0.493 e. The van der Waals surface area contributed by atoms with Crippen LogP contribution in [-0.2, 0) is 19.0 Å². The van der Waals surface area contributed by atoms with Crippen LogP contribution in [0.1, 0.15) is 41.0 Å². The van der Waals surface area contributed by atoms with Gasteiger partial charge in [-0.05, 0) is 74.5 Å². The molecule has 0 heterocycles. The van der Waals surface area contributed by atoms with Crippen LogP contribution in [0.15, 0.2) is 97.5 Å². The molecule has 0 saturated heterocycles. The van der Waals surface area contributed by atoms with E-state index in [0.29, 0.717) is 53.8 Å². The summed E-state index contributed by atoms with van der Waals surface area (Å²) in [5, 5.41) is 0. The summed E-state index contributed by atoms with van der Waals surface area (Å²) >= 11 is 0. The molecule has 0 aliphatic heterocycles. The molecule has 8 nitrogen and oxygen atoms in total. The molecule has 0 spiro atoms. The van der Waals surface area contributed by atoms with Crippen LogP contribution in [0.3, 0.4) is 0 Å². The molecule has 2 aromatic rings. The number of esters is 3. The topological polar surface area (TPSA) is 97.4 Å². The molecule has 0 amide bonds. The van der Waals surface area contributed by atoms with Gasteiger partial charge in [0.15, 0.2) is 0 Å². The third kappa shape index (κ3) is 10.7. The number of hydrogen-bond donors (Lipinski definition) is 0. The Morgan fingerprint density at radius 2 is 1.22 bits per heavy atom. The highest BCUT2D eigenvalue weighted by atomic mass is 16.5. The second kappa shape index (κ2) is 15.4. The van der Waals surface area contributed by atoms with Crippen LogP contribution < -0.4 is 9.47 Å². The van der Waals surface area contributed by atoms with Crippen LogP contribution in [0.5, 0.6) is 11.5 Å². The zero-order valence-corrected chi connectivity index (χ0v) is 20.9. The van der Waals surface area contributed by atoms with Crippen LogP contribution in [0, 0.1) is 0 Å². The van der Waals surface area contributed by atoms with E-state index in [9.17, 15) is 14.4 Å². The van der Waals surface area contributed by atoms with Gasteiger partial charge in [0, 0.05) is 12.5 Å². The Morgan fingerprint density at radius 1 is 0.730 bits per heavy atom. The maximum Gasteiger partial charge on any atom is 0.343 e. The summed E-state index contributed by atoms with van der Waals surface area (Å²) in [6.07, 6.45) is 6.32. The first-order valence-corrected chi connectivity index (χ1v) is 11.5. The van der Waals surface area contributed by atoms with Gasteiger partial charge < -0.3 is 23.7 Å². The first-order chi connectivity index (χ1) is 17.8. The number of hydrogen-bond acceptors (Lipinski definition) is 8. The van der Waals surface area contributed by atoms with Crippen molar-refractivity contribution in [2.45, 2.75) is 20.3 Å². The molecule has 0 bridgehead atoms. The lowest BCUT2D eigenvalue weighted by Gasteiger charge is -2.08. The van der Waals surface area contributed by atoms with Crippen LogP contribution in [0.25, 0.3) is 0 Å². The lowest BCUT2D eigenvalue weighted by atomic mass is 10.2. The fourth-order valence-electron chi connectivity index (χ4n) is 2.72. The molecule has 0 aromatic heterocycles. The van der Waals surface area contributed by atoms with Gasteiger partial charge in [0.2, 0.25) is 0 Å². The van der Waals surface area contributed by atoms with Gasteiger partial charge in [0.25, 0.3) is 0 Å². The highest BCUT2D eigenvalue weighted by molar-refractivity contribution is 5.90. The average molecular weight is 507 g/mol. The van der Waals surface area contributed by atoms with Gasteiger partial charge in [-0.2, -0.15) is 0 Å². The van der Waals surface area contributed by atoms with Gasteiger partial charge in [0.1, 0.15) is 29.6 Å². The molecule has 2 rings (SSSR count). The van der Waals surface area contributed by atoms with E-state index in [1.54, 1.807) is 68.5 Å². The Balaban J connectivity index is 1.81. The Kier molecular flexibility index (Phi) is 11.9. The maximum atomic E-state index is 12.4. The fraction of sp³-hybridized carbons (Fsp3) is 0.207. The van der Waals surface area contributed by atoms with Crippen LogP contribution in [0.2, 0.25) is 0 Å². The van der Waals surface area contributed by atoms with Gasteiger partial charge >= 0.3 is 17.9 Å². The standard InChI is InChI=1S/C29H30O8/c1-5-18-33-25-14-10-23(11-15-25)28(31)36-21(3)8-9-22(4)37-29(32)24-12-16-26(17-13-24)34-19-7-20-35-27(30)6-2/h5-6,8-17H,1-2,7,18-20H2,3-4H3/b21-8+,22-9+. The first-order valence-electron chi connectivity index (χ1n) is 11.5. The van der Waals surface area contributed by atoms with E-state index in [0.717, 1.165) is 6.08 Å². The summed E-state index contributed by atoms with van der Waals surface area (Å²) in [6.45, 7) is 11.1. The summed E-state index contributed by atoms with van der Waals surface area (Å²) in [4.78, 5) is 35.6. The van der Waals surface area contributed by atoms with E-state index in [2.05, 4.69) is 13.2 Å². The summed E-state index contributed by atoms with van der Waals surface area (Å²) in [7, 11) is 0. The Morgan fingerprint density at radius 3 is 1.68 bits per heavy atom. The minimum Gasteiger partial charge on any atom is -0.493 e. The van der Waals surface area contributed by atoms with Crippen LogP contribution >= 0.6 is 0 Å². The molecular formula is C29H30O8. The van der Waals surface area contributed by atoms with Crippen molar-refractivity contribution in [2.24, 2.45) is 0 Å². The van der Waals surface area contributed by atoms with Crippen molar-refractivity contribution in [3.8, 4) is 11.5 Å². The van der Waals surface area contributed by atoms with Crippen molar-refractivity contribution < 1.29 is 38.1 Å². The number of carbonyl (C=O) groups excluding carboxylic acids is 3. The van der Waals surface area contributed by atoms with E-state index < -0.39 is 17.9 Å². The lowest BCUT2D eigenvalue weighted by molar-refractivity contribution is -0.137. The van der Waals surface area contributed by atoms with E-state index >= 15 is 0 Å². The Hall–Kier alpha value is -4.59.